The first kappa shape index (κ1) is 20.3. The summed E-state index contributed by atoms with van der Waals surface area (Å²) in [6, 6.07) is 10.9. The average Bonchev–Trinajstić information content (AvgIpc) is 2.84. The lowest BCUT2D eigenvalue weighted by molar-refractivity contribution is 0.356. The van der Waals surface area contributed by atoms with Gasteiger partial charge in [-0.3, -0.25) is 9.97 Å². The molecule has 0 aliphatic carbocycles. The van der Waals surface area contributed by atoms with Crippen molar-refractivity contribution in [3.05, 3.63) is 61.2 Å². The van der Waals surface area contributed by atoms with Crippen LogP contribution in [0.5, 0.6) is 23.1 Å². The number of aromatic nitrogens is 4. The fourth-order valence-electron chi connectivity index (χ4n) is 3.83. The van der Waals surface area contributed by atoms with E-state index in [1.54, 1.807) is 57.2 Å². The minimum atomic E-state index is 0.198. The van der Waals surface area contributed by atoms with E-state index in [0.717, 1.165) is 16.3 Å². The number of pyridine rings is 4. The highest BCUT2D eigenvalue weighted by atomic mass is 16.5. The molecule has 0 aliphatic heterocycles. The van der Waals surface area contributed by atoms with Crippen LogP contribution in [-0.2, 0) is 0 Å². The van der Waals surface area contributed by atoms with Gasteiger partial charge in [0, 0.05) is 47.2 Å². The van der Waals surface area contributed by atoms with Gasteiger partial charge in [-0.25, -0.2) is 4.98 Å². The van der Waals surface area contributed by atoms with E-state index in [0.29, 0.717) is 39.6 Å². The summed E-state index contributed by atoms with van der Waals surface area (Å²) in [6.07, 6.45) is 6.70. The van der Waals surface area contributed by atoms with Gasteiger partial charge in [-0.2, -0.15) is 4.98 Å². The van der Waals surface area contributed by atoms with Crippen molar-refractivity contribution in [2.75, 3.05) is 25.7 Å². The Hall–Kier alpha value is -4.66. The van der Waals surface area contributed by atoms with Crippen LogP contribution in [0.2, 0.25) is 0 Å². The van der Waals surface area contributed by atoms with E-state index in [1.807, 2.05) is 18.2 Å². The molecule has 33 heavy (non-hydrogen) atoms. The van der Waals surface area contributed by atoms with Gasteiger partial charge in [0.15, 0.2) is 11.5 Å². The first-order valence-electron chi connectivity index (χ1n) is 10.0. The number of rotatable bonds is 5. The number of fused-ring (bicyclic) bond motifs is 3. The molecule has 4 heterocycles. The topological polar surface area (TPSA) is 131 Å². The van der Waals surface area contributed by atoms with Gasteiger partial charge in [0.1, 0.15) is 17.4 Å². The van der Waals surface area contributed by atoms with Gasteiger partial charge in [-0.15, -0.1) is 0 Å². The number of anilines is 2. The van der Waals surface area contributed by atoms with Gasteiger partial charge >= 0.3 is 0 Å². The molecule has 0 radical (unpaired) electrons. The molecule has 164 valence electrons. The van der Waals surface area contributed by atoms with Crippen molar-refractivity contribution in [1.29, 1.82) is 0 Å². The van der Waals surface area contributed by atoms with Crippen LogP contribution in [0.15, 0.2) is 61.2 Å². The van der Waals surface area contributed by atoms with Crippen LogP contribution in [0.1, 0.15) is 0 Å². The zero-order chi connectivity index (χ0) is 22.9. The first-order chi connectivity index (χ1) is 16.1. The fourth-order valence-corrected chi connectivity index (χ4v) is 3.83. The molecule has 0 saturated heterocycles. The van der Waals surface area contributed by atoms with Gasteiger partial charge in [0.2, 0.25) is 5.88 Å². The standard InChI is InChI=1S/C24H20N6O3/c1-31-17-10-15-16(11-18(17)32-2)29-22(25)21-20(15)19(13-4-3-7-28-12-13)24(30-23(21)26)33-14-5-8-27-9-6-14/h3-12H,1-2H3,(H2,25,29)(H2,26,30). The second kappa shape index (κ2) is 8.12. The minimum absolute atomic E-state index is 0.198. The van der Waals surface area contributed by atoms with Gasteiger partial charge in [-0.05, 0) is 24.3 Å². The second-order valence-electron chi connectivity index (χ2n) is 7.18. The SMILES string of the molecule is COc1cc2nc(N)c3c(N)nc(Oc4ccncc4)c(-c4cccnc4)c3c2cc1OC. The molecule has 0 aliphatic rings. The molecule has 0 saturated carbocycles. The summed E-state index contributed by atoms with van der Waals surface area (Å²) in [5, 5.41) is 2.00. The third-order valence-corrected chi connectivity index (χ3v) is 5.27. The minimum Gasteiger partial charge on any atom is -0.493 e. The number of nitrogens with two attached hydrogens (primary N) is 2. The predicted octanol–water partition coefficient (Wildman–Crippen LogP) is 4.21. The Labute approximate surface area is 189 Å². The second-order valence-corrected chi connectivity index (χ2v) is 7.18. The maximum Gasteiger partial charge on any atom is 0.229 e. The first-order valence-corrected chi connectivity index (χ1v) is 10.0. The van der Waals surface area contributed by atoms with E-state index < -0.39 is 0 Å². The number of benzene rings is 1. The van der Waals surface area contributed by atoms with Crippen LogP contribution >= 0.6 is 0 Å². The lowest BCUT2D eigenvalue weighted by Crippen LogP contribution is -2.04. The van der Waals surface area contributed by atoms with E-state index in [-0.39, 0.29) is 11.6 Å². The molecular weight excluding hydrogens is 420 g/mol. The maximum absolute atomic E-state index is 6.38. The zero-order valence-electron chi connectivity index (χ0n) is 17.9. The Morgan fingerprint density at radius 2 is 1.52 bits per heavy atom. The molecule has 0 fully saturated rings. The Balaban J connectivity index is 1.95. The van der Waals surface area contributed by atoms with E-state index >= 15 is 0 Å². The summed E-state index contributed by atoms with van der Waals surface area (Å²) < 4.78 is 17.2. The molecule has 5 rings (SSSR count). The molecule has 4 aromatic heterocycles. The number of methoxy groups -OCH3 is 2. The summed E-state index contributed by atoms with van der Waals surface area (Å²) in [4.78, 5) is 17.4. The van der Waals surface area contributed by atoms with Crippen molar-refractivity contribution in [3.8, 4) is 34.3 Å². The highest BCUT2D eigenvalue weighted by Gasteiger charge is 2.23. The molecule has 4 N–H and O–H groups in total. The predicted molar refractivity (Wildman–Crippen MR) is 127 cm³/mol. The van der Waals surface area contributed by atoms with Crippen LogP contribution < -0.4 is 25.7 Å². The van der Waals surface area contributed by atoms with Gasteiger partial charge in [0.05, 0.1) is 30.7 Å². The van der Waals surface area contributed by atoms with Gasteiger partial charge < -0.3 is 25.7 Å². The van der Waals surface area contributed by atoms with Crippen molar-refractivity contribution in [2.45, 2.75) is 0 Å². The summed E-state index contributed by atoms with van der Waals surface area (Å²) in [5.41, 5.74) is 14.8. The number of nitrogen functional groups attached to an aromatic ring is 2. The Kier molecular flexibility index (Phi) is 4.98. The summed E-state index contributed by atoms with van der Waals surface area (Å²) in [6.45, 7) is 0. The number of ether oxygens (including phenoxy) is 3. The van der Waals surface area contributed by atoms with Crippen LogP contribution in [-0.4, -0.2) is 34.2 Å². The molecular formula is C24H20N6O3. The molecule has 9 heteroatoms. The number of hydrogen-bond acceptors (Lipinski definition) is 9. The average molecular weight is 440 g/mol. The maximum atomic E-state index is 6.38. The molecule has 0 atom stereocenters. The molecule has 9 nitrogen and oxygen atoms in total. The lowest BCUT2D eigenvalue weighted by atomic mass is 9.97. The van der Waals surface area contributed by atoms with Crippen molar-refractivity contribution in [3.63, 3.8) is 0 Å². The fraction of sp³-hybridized carbons (Fsp3) is 0.0833. The van der Waals surface area contributed by atoms with Gasteiger partial charge in [-0.1, -0.05) is 6.07 Å². The summed E-state index contributed by atoms with van der Waals surface area (Å²) in [7, 11) is 3.14. The van der Waals surface area contributed by atoms with Crippen molar-refractivity contribution < 1.29 is 14.2 Å². The number of hydrogen-bond donors (Lipinski definition) is 2. The highest BCUT2D eigenvalue weighted by Crippen LogP contribution is 2.45. The molecule has 0 unspecified atom stereocenters. The Bertz CT molecular complexity index is 1480. The van der Waals surface area contributed by atoms with Crippen LogP contribution in [0.3, 0.4) is 0 Å². The smallest absolute Gasteiger partial charge is 0.229 e. The normalized spacial score (nSPS) is 11.0. The van der Waals surface area contributed by atoms with E-state index in [1.165, 1.54) is 0 Å². The highest BCUT2D eigenvalue weighted by molar-refractivity contribution is 6.20. The third kappa shape index (κ3) is 3.45. The van der Waals surface area contributed by atoms with E-state index in [2.05, 4.69) is 19.9 Å². The largest absolute Gasteiger partial charge is 0.493 e. The van der Waals surface area contributed by atoms with E-state index in [9.17, 15) is 0 Å². The molecule has 5 aromatic rings. The lowest BCUT2D eigenvalue weighted by Gasteiger charge is -2.18. The summed E-state index contributed by atoms with van der Waals surface area (Å²) in [5.74, 6) is 2.39. The molecule has 1 aromatic carbocycles. The monoisotopic (exact) mass is 440 g/mol. The van der Waals surface area contributed by atoms with Crippen LogP contribution in [0.25, 0.3) is 32.8 Å². The molecule has 0 spiro atoms. The Morgan fingerprint density at radius 3 is 2.21 bits per heavy atom. The van der Waals surface area contributed by atoms with Crippen molar-refractivity contribution in [2.24, 2.45) is 0 Å². The molecule has 0 bridgehead atoms. The quantitative estimate of drug-likeness (QED) is 0.386. The van der Waals surface area contributed by atoms with E-state index in [4.69, 9.17) is 25.7 Å². The van der Waals surface area contributed by atoms with Crippen LogP contribution in [0.4, 0.5) is 11.6 Å². The van der Waals surface area contributed by atoms with Crippen molar-refractivity contribution in [1.82, 2.24) is 19.9 Å². The van der Waals surface area contributed by atoms with Crippen molar-refractivity contribution >= 4 is 33.3 Å². The van der Waals surface area contributed by atoms with Gasteiger partial charge in [0.25, 0.3) is 0 Å². The third-order valence-electron chi connectivity index (χ3n) is 5.27. The Morgan fingerprint density at radius 1 is 0.788 bits per heavy atom. The summed E-state index contributed by atoms with van der Waals surface area (Å²) >= 11 is 0. The zero-order valence-corrected chi connectivity index (χ0v) is 17.9. The van der Waals surface area contributed by atoms with Crippen LogP contribution in [0, 0.1) is 0 Å². The molecule has 0 amide bonds. The number of nitrogens with zero attached hydrogens (tertiary/aromatic N) is 4.